The van der Waals surface area contributed by atoms with Crippen molar-refractivity contribution in [2.45, 2.75) is 0 Å². The molecular weight excluding hydrogens is 145 g/mol. The first kappa shape index (κ1) is 7.23. The predicted octanol–water partition coefficient (Wildman–Crippen LogP) is 1.28. The van der Waals surface area contributed by atoms with Gasteiger partial charge in [-0.2, -0.15) is 0 Å². The Morgan fingerprint density at radius 1 is 1.40 bits per heavy atom. The number of hydrogen-bond donors (Lipinski definition) is 1. The number of anilines is 1. The van der Waals surface area contributed by atoms with Crippen LogP contribution in [0, 0.1) is 0 Å². The van der Waals surface area contributed by atoms with Crippen LogP contribution in [-0.4, -0.2) is 5.52 Å². The Morgan fingerprint density at radius 3 is 2.40 bits per heavy atom. The molecule has 0 aliphatic heterocycles. The number of carbonyl (C=O) groups is 1. The molecule has 0 radical (unpaired) electrons. The maximum absolute atomic E-state index is 10.7. The number of carbonyl (C=O) groups excluding carboxylic acids is 1. The molecule has 1 unspecified atom stereocenters. The first-order valence-electron chi connectivity index (χ1n) is 2.86. The van der Waals surface area contributed by atoms with Gasteiger partial charge in [0.05, 0.1) is 0 Å². The van der Waals surface area contributed by atoms with E-state index in [4.69, 9.17) is 5.73 Å². The summed E-state index contributed by atoms with van der Waals surface area (Å²) in [4.78, 5) is 10.7. The minimum atomic E-state index is -0.0712. The third-order valence-corrected chi connectivity index (χ3v) is 1.54. The standard InChI is InChI=1S/C7H8NOP/c8-6-4-2-1-3-5(6)7(9)10/h1-4H,8,10H2. The average Bonchev–Trinajstić information content (AvgIpc) is 1.88. The molecule has 52 valence electrons. The van der Waals surface area contributed by atoms with Gasteiger partial charge >= 0.3 is 0 Å². The average molecular weight is 153 g/mol. The minimum absolute atomic E-state index is 0.0712. The number of benzene rings is 1. The Labute approximate surface area is 61.6 Å². The highest BCUT2D eigenvalue weighted by molar-refractivity contribution is 7.41. The second-order valence-electron chi connectivity index (χ2n) is 1.95. The van der Waals surface area contributed by atoms with Crippen molar-refractivity contribution < 1.29 is 4.79 Å². The van der Waals surface area contributed by atoms with Crippen molar-refractivity contribution in [3.63, 3.8) is 0 Å². The van der Waals surface area contributed by atoms with Gasteiger partial charge in [0.15, 0.2) is 5.52 Å². The molecule has 0 saturated heterocycles. The van der Waals surface area contributed by atoms with Crippen LogP contribution < -0.4 is 5.73 Å². The van der Waals surface area contributed by atoms with E-state index in [1.54, 1.807) is 24.3 Å². The van der Waals surface area contributed by atoms with E-state index in [1.165, 1.54) is 0 Å². The van der Waals surface area contributed by atoms with E-state index in [1.807, 2.05) is 0 Å². The zero-order valence-corrected chi connectivity index (χ0v) is 6.53. The molecule has 0 bridgehead atoms. The second kappa shape index (κ2) is 2.80. The first-order chi connectivity index (χ1) is 4.72. The first-order valence-corrected chi connectivity index (χ1v) is 3.44. The van der Waals surface area contributed by atoms with Crippen molar-refractivity contribution in [1.82, 2.24) is 0 Å². The Kier molecular flexibility index (Phi) is 2.03. The molecule has 0 aliphatic carbocycles. The molecule has 10 heavy (non-hydrogen) atoms. The monoisotopic (exact) mass is 153 g/mol. The van der Waals surface area contributed by atoms with Gasteiger partial charge in [0, 0.05) is 11.3 Å². The van der Waals surface area contributed by atoms with E-state index in [9.17, 15) is 4.79 Å². The number of rotatable bonds is 1. The normalized spacial score (nSPS) is 9.30. The van der Waals surface area contributed by atoms with Crippen molar-refractivity contribution >= 4 is 20.5 Å². The highest BCUT2D eigenvalue weighted by Gasteiger charge is 2.00. The van der Waals surface area contributed by atoms with Crippen LogP contribution in [0.1, 0.15) is 10.4 Å². The molecule has 2 nitrogen and oxygen atoms in total. The quantitative estimate of drug-likeness (QED) is 0.488. The van der Waals surface area contributed by atoms with Gasteiger partial charge in [-0.15, -0.1) is 0 Å². The van der Waals surface area contributed by atoms with E-state index >= 15 is 0 Å². The summed E-state index contributed by atoms with van der Waals surface area (Å²) in [6.07, 6.45) is 0. The third-order valence-electron chi connectivity index (χ3n) is 1.23. The molecule has 3 heteroatoms. The van der Waals surface area contributed by atoms with Crippen LogP contribution in [0.15, 0.2) is 24.3 Å². The van der Waals surface area contributed by atoms with Crippen LogP contribution in [-0.2, 0) is 0 Å². The van der Waals surface area contributed by atoms with E-state index in [0.717, 1.165) is 0 Å². The topological polar surface area (TPSA) is 43.1 Å². The predicted molar refractivity (Wildman–Crippen MR) is 44.9 cm³/mol. The molecule has 0 saturated carbocycles. The van der Waals surface area contributed by atoms with Crippen LogP contribution in [0.4, 0.5) is 5.69 Å². The molecule has 2 N–H and O–H groups in total. The number of para-hydroxylation sites is 1. The number of nitrogen functional groups attached to an aromatic ring is 1. The zero-order valence-electron chi connectivity index (χ0n) is 5.37. The molecular formula is C7H8NOP. The summed E-state index contributed by atoms with van der Waals surface area (Å²) in [5, 5.41) is 0. The minimum Gasteiger partial charge on any atom is -0.398 e. The van der Waals surface area contributed by atoms with Crippen LogP contribution >= 0.6 is 9.24 Å². The number of hydrogen-bond acceptors (Lipinski definition) is 2. The summed E-state index contributed by atoms with van der Waals surface area (Å²) < 4.78 is 0. The molecule has 0 amide bonds. The fourth-order valence-electron chi connectivity index (χ4n) is 0.721. The highest BCUT2D eigenvalue weighted by atomic mass is 31.0. The summed E-state index contributed by atoms with van der Waals surface area (Å²) >= 11 is 0. The third kappa shape index (κ3) is 1.34. The number of nitrogens with two attached hydrogens (primary N) is 1. The van der Waals surface area contributed by atoms with Gasteiger partial charge in [0.1, 0.15) is 0 Å². The van der Waals surface area contributed by atoms with E-state index < -0.39 is 0 Å². The summed E-state index contributed by atoms with van der Waals surface area (Å²) in [7, 11) is 2.09. The zero-order chi connectivity index (χ0) is 7.56. The lowest BCUT2D eigenvalue weighted by Crippen LogP contribution is -1.95. The van der Waals surface area contributed by atoms with Gasteiger partial charge < -0.3 is 5.73 Å². The lowest BCUT2D eigenvalue weighted by atomic mass is 10.2. The van der Waals surface area contributed by atoms with Crippen molar-refractivity contribution in [3.05, 3.63) is 29.8 Å². The molecule has 0 aliphatic rings. The van der Waals surface area contributed by atoms with Gasteiger partial charge in [0.25, 0.3) is 0 Å². The fourth-order valence-corrected chi connectivity index (χ4v) is 0.984. The smallest absolute Gasteiger partial charge is 0.180 e. The van der Waals surface area contributed by atoms with E-state index in [-0.39, 0.29) is 5.52 Å². The molecule has 0 fully saturated rings. The Bertz CT molecular complexity index is 260. The van der Waals surface area contributed by atoms with Crippen molar-refractivity contribution in [1.29, 1.82) is 0 Å². The van der Waals surface area contributed by atoms with E-state index in [2.05, 4.69) is 9.24 Å². The SMILES string of the molecule is Nc1ccccc1C(=O)P. The molecule has 0 spiro atoms. The molecule has 1 aromatic carbocycles. The van der Waals surface area contributed by atoms with Crippen molar-refractivity contribution in [2.24, 2.45) is 0 Å². The molecule has 1 atom stereocenters. The highest BCUT2D eigenvalue weighted by Crippen LogP contribution is 2.13. The van der Waals surface area contributed by atoms with Crippen LogP contribution in [0.5, 0.6) is 0 Å². The Balaban J connectivity index is 3.15. The molecule has 0 heterocycles. The lowest BCUT2D eigenvalue weighted by molar-refractivity contribution is 0.108. The second-order valence-corrected chi connectivity index (χ2v) is 2.48. The molecule has 1 rings (SSSR count). The van der Waals surface area contributed by atoms with Crippen molar-refractivity contribution in [2.75, 3.05) is 5.73 Å². The van der Waals surface area contributed by atoms with Crippen LogP contribution in [0.3, 0.4) is 0 Å². The summed E-state index contributed by atoms with van der Waals surface area (Å²) in [6, 6.07) is 6.99. The van der Waals surface area contributed by atoms with Gasteiger partial charge in [-0.25, -0.2) is 0 Å². The largest absolute Gasteiger partial charge is 0.398 e. The fraction of sp³-hybridized carbons (Fsp3) is 0. The summed E-state index contributed by atoms with van der Waals surface area (Å²) in [6.45, 7) is 0. The van der Waals surface area contributed by atoms with Crippen LogP contribution in [0.25, 0.3) is 0 Å². The van der Waals surface area contributed by atoms with Gasteiger partial charge in [-0.3, -0.25) is 4.79 Å². The van der Waals surface area contributed by atoms with Crippen LogP contribution in [0.2, 0.25) is 0 Å². The van der Waals surface area contributed by atoms with Gasteiger partial charge in [0.2, 0.25) is 0 Å². The summed E-state index contributed by atoms with van der Waals surface area (Å²) in [5.74, 6) is 0. The Morgan fingerprint density at radius 2 is 2.00 bits per heavy atom. The maximum atomic E-state index is 10.7. The summed E-state index contributed by atoms with van der Waals surface area (Å²) in [5.41, 5.74) is 6.51. The van der Waals surface area contributed by atoms with Gasteiger partial charge in [-0.05, 0) is 12.1 Å². The maximum Gasteiger partial charge on any atom is 0.180 e. The van der Waals surface area contributed by atoms with Gasteiger partial charge in [-0.1, -0.05) is 21.4 Å². The molecule has 0 aromatic heterocycles. The Hall–Kier alpha value is -0.880. The lowest BCUT2D eigenvalue weighted by Gasteiger charge is -1.97. The molecule has 1 aromatic rings. The van der Waals surface area contributed by atoms with Crippen molar-refractivity contribution in [3.8, 4) is 0 Å². The van der Waals surface area contributed by atoms with E-state index in [0.29, 0.717) is 11.3 Å².